The van der Waals surface area contributed by atoms with Crippen LogP contribution in [-0.4, -0.2) is 68.4 Å². The molecule has 3 N–H and O–H groups in total. The number of hydrogen-bond acceptors (Lipinski definition) is 5. The van der Waals surface area contributed by atoms with Gasteiger partial charge in [0.2, 0.25) is 5.91 Å². The van der Waals surface area contributed by atoms with Gasteiger partial charge in [-0.05, 0) is 31.6 Å². The summed E-state index contributed by atoms with van der Waals surface area (Å²) in [6.45, 7) is 0.870. The van der Waals surface area contributed by atoms with E-state index in [9.17, 15) is 27.9 Å². The monoisotopic (exact) mass is 370 g/mol. The zero-order valence-electron chi connectivity index (χ0n) is 12.5. The molecular formula is C13H17F3N2O5S. The molecule has 24 heavy (non-hydrogen) atoms. The van der Waals surface area contributed by atoms with Gasteiger partial charge in [0.05, 0.1) is 5.37 Å². The van der Waals surface area contributed by atoms with E-state index < -0.39 is 29.7 Å². The number of amides is 1. The zero-order chi connectivity index (χ0) is 18.1. The zero-order valence-corrected chi connectivity index (χ0v) is 13.3. The quantitative estimate of drug-likeness (QED) is 0.629. The number of nitrogens with zero attached hydrogens (tertiary/aromatic N) is 1. The third kappa shape index (κ3) is 3.61. The highest BCUT2D eigenvalue weighted by Gasteiger charge is 2.56. The molecule has 0 bridgehead atoms. The minimum atomic E-state index is -5.08. The number of carboxylic acids is 2. The van der Waals surface area contributed by atoms with Crippen LogP contribution < -0.4 is 5.32 Å². The predicted octanol–water partition coefficient (Wildman–Crippen LogP) is 0.890. The maximum Gasteiger partial charge on any atom is 0.490 e. The highest BCUT2D eigenvalue weighted by molar-refractivity contribution is 7.99. The standard InChI is InChI=1S/C11H16N2O3S.C2HF3O2/c14-9(15)7-2-5-17-8-6-11(3-1-4-12-11)10(16)13(7)8;3-2(4,5)1(6)7/h7-8,12H,1-6H2,(H,14,15);(H,6,7)/t7-,8-,11-;/m1./s1. The Hall–Kier alpha value is -1.49. The molecule has 0 aliphatic carbocycles. The smallest absolute Gasteiger partial charge is 0.480 e. The number of carboxylic acid groups (broad SMARTS) is 2. The van der Waals surface area contributed by atoms with Gasteiger partial charge in [0.15, 0.2) is 0 Å². The molecular weight excluding hydrogens is 353 g/mol. The summed E-state index contributed by atoms with van der Waals surface area (Å²) in [7, 11) is 0. The fourth-order valence-corrected chi connectivity index (χ4v) is 4.64. The van der Waals surface area contributed by atoms with Crippen molar-refractivity contribution in [2.24, 2.45) is 0 Å². The SMILES string of the molecule is O=C(O)C(F)(F)F.O=C(O)[C@H]1CCS[C@@H]2C[C@]3(CCCN3)C(=O)N12. The van der Waals surface area contributed by atoms with Crippen LogP contribution in [-0.2, 0) is 14.4 Å². The number of carbonyl (C=O) groups is 3. The molecule has 3 rings (SSSR count). The summed E-state index contributed by atoms with van der Waals surface area (Å²) >= 11 is 1.72. The molecule has 0 aromatic heterocycles. The number of aliphatic carboxylic acids is 2. The Morgan fingerprint density at radius 3 is 2.42 bits per heavy atom. The van der Waals surface area contributed by atoms with E-state index in [0.717, 1.165) is 31.6 Å². The Balaban J connectivity index is 0.000000256. The van der Waals surface area contributed by atoms with E-state index in [4.69, 9.17) is 9.90 Å². The maximum absolute atomic E-state index is 12.5. The van der Waals surface area contributed by atoms with Crippen molar-refractivity contribution >= 4 is 29.6 Å². The third-order valence-electron chi connectivity index (χ3n) is 4.29. The molecule has 3 aliphatic rings. The van der Waals surface area contributed by atoms with Crippen molar-refractivity contribution in [3.8, 4) is 0 Å². The number of carbonyl (C=O) groups excluding carboxylic acids is 1. The summed E-state index contributed by atoms with van der Waals surface area (Å²) in [5, 5.41) is 19.7. The molecule has 7 nitrogen and oxygen atoms in total. The van der Waals surface area contributed by atoms with Crippen LogP contribution in [0.5, 0.6) is 0 Å². The Morgan fingerprint density at radius 1 is 1.33 bits per heavy atom. The minimum absolute atomic E-state index is 0.0135. The Kier molecular flexibility index (Phi) is 5.33. The Labute approximate surface area is 139 Å². The molecule has 1 amide bonds. The summed E-state index contributed by atoms with van der Waals surface area (Å²) in [6, 6.07) is -0.615. The molecule has 0 radical (unpaired) electrons. The van der Waals surface area contributed by atoms with Crippen LogP contribution >= 0.6 is 11.8 Å². The molecule has 0 saturated carbocycles. The number of rotatable bonds is 1. The van der Waals surface area contributed by atoms with Crippen molar-refractivity contribution in [3.63, 3.8) is 0 Å². The van der Waals surface area contributed by atoms with Gasteiger partial charge in [-0.3, -0.25) is 4.79 Å². The lowest BCUT2D eigenvalue weighted by Gasteiger charge is -2.34. The van der Waals surface area contributed by atoms with Crippen LogP contribution in [0, 0.1) is 0 Å². The highest BCUT2D eigenvalue weighted by atomic mass is 32.2. The fraction of sp³-hybridized carbons (Fsp3) is 0.769. The van der Waals surface area contributed by atoms with Gasteiger partial charge in [-0.1, -0.05) is 0 Å². The minimum Gasteiger partial charge on any atom is -0.480 e. The summed E-state index contributed by atoms with van der Waals surface area (Å²) in [5.74, 6) is -2.77. The second-order valence-electron chi connectivity index (χ2n) is 5.80. The van der Waals surface area contributed by atoms with Gasteiger partial charge in [-0.25, -0.2) is 9.59 Å². The molecule has 3 aliphatic heterocycles. The van der Waals surface area contributed by atoms with Gasteiger partial charge < -0.3 is 20.4 Å². The van der Waals surface area contributed by atoms with E-state index in [1.165, 1.54) is 0 Å². The van der Waals surface area contributed by atoms with E-state index in [1.54, 1.807) is 16.7 Å². The third-order valence-corrected chi connectivity index (χ3v) is 5.54. The molecule has 136 valence electrons. The highest BCUT2D eigenvalue weighted by Crippen LogP contribution is 2.43. The van der Waals surface area contributed by atoms with Crippen LogP contribution in [0.3, 0.4) is 0 Å². The van der Waals surface area contributed by atoms with Gasteiger partial charge in [0.25, 0.3) is 0 Å². The van der Waals surface area contributed by atoms with Crippen LogP contribution in [0.4, 0.5) is 13.2 Å². The van der Waals surface area contributed by atoms with Crippen molar-refractivity contribution in [1.29, 1.82) is 0 Å². The fourth-order valence-electron chi connectivity index (χ4n) is 3.20. The molecule has 3 fully saturated rings. The first-order valence-electron chi connectivity index (χ1n) is 7.31. The largest absolute Gasteiger partial charge is 0.490 e. The van der Waals surface area contributed by atoms with E-state index >= 15 is 0 Å². The molecule has 0 aromatic carbocycles. The lowest BCUT2D eigenvalue weighted by molar-refractivity contribution is -0.192. The summed E-state index contributed by atoms with van der Waals surface area (Å²) < 4.78 is 31.7. The Morgan fingerprint density at radius 2 is 1.96 bits per heavy atom. The number of thioether (sulfide) groups is 1. The van der Waals surface area contributed by atoms with Gasteiger partial charge in [-0.15, -0.1) is 11.8 Å². The first kappa shape index (κ1) is 18.8. The topological polar surface area (TPSA) is 107 Å². The molecule has 0 unspecified atom stereocenters. The van der Waals surface area contributed by atoms with E-state index in [1.807, 2.05) is 0 Å². The lowest BCUT2D eigenvalue weighted by Crippen LogP contribution is -2.53. The van der Waals surface area contributed by atoms with Gasteiger partial charge >= 0.3 is 18.1 Å². The van der Waals surface area contributed by atoms with Gasteiger partial charge in [-0.2, -0.15) is 13.2 Å². The Bertz CT molecular complexity index is 536. The average Bonchev–Trinajstić information content (AvgIpc) is 3.05. The summed E-state index contributed by atoms with van der Waals surface area (Å²) in [6.07, 6.45) is -1.89. The number of fused-ring (bicyclic) bond motifs is 1. The van der Waals surface area contributed by atoms with E-state index in [-0.39, 0.29) is 11.3 Å². The second-order valence-corrected chi connectivity index (χ2v) is 7.09. The molecule has 11 heteroatoms. The second kappa shape index (κ2) is 6.79. The normalized spacial score (nSPS) is 32.3. The molecule has 3 atom stereocenters. The first-order chi connectivity index (χ1) is 11.1. The van der Waals surface area contributed by atoms with Gasteiger partial charge in [0.1, 0.15) is 11.6 Å². The van der Waals surface area contributed by atoms with Crippen molar-refractivity contribution in [3.05, 3.63) is 0 Å². The van der Waals surface area contributed by atoms with Crippen molar-refractivity contribution < 1.29 is 37.8 Å². The average molecular weight is 370 g/mol. The number of halogens is 3. The van der Waals surface area contributed by atoms with Crippen LogP contribution in [0.2, 0.25) is 0 Å². The summed E-state index contributed by atoms with van der Waals surface area (Å²) in [5.41, 5.74) is -0.449. The molecule has 3 heterocycles. The van der Waals surface area contributed by atoms with E-state index in [0.29, 0.717) is 6.42 Å². The van der Waals surface area contributed by atoms with Gasteiger partial charge in [0, 0.05) is 6.42 Å². The van der Waals surface area contributed by atoms with E-state index in [2.05, 4.69) is 5.32 Å². The molecule has 3 saturated heterocycles. The van der Waals surface area contributed by atoms with Crippen LogP contribution in [0.1, 0.15) is 25.7 Å². The van der Waals surface area contributed by atoms with Crippen LogP contribution in [0.15, 0.2) is 0 Å². The van der Waals surface area contributed by atoms with Crippen molar-refractivity contribution in [2.45, 2.75) is 48.8 Å². The predicted molar refractivity (Wildman–Crippen MR) is 77.4 cm³/mol. The lowest BCUT2D eigenvalue weighted by atomic mass is 9.96. The first-order valence-corrected chi connectivity index (χ1v) is 8.36. The number of hydrogen-bond donors (Lipinski definition) is 3. The van der Waals surface area contributed by atoms with Crippen molar-refractivity contribution in [1.82, 2.24) is 10.2 Å². The molecule has 1 spiro atoms. The number of alkyl halides is 3. The van der Waals surface area contributed by atoms with Crippen molar-refractivity contribution in [2.75, 3.05) is 12.3 Å². The number of nitrogens with one attached hydrogen (secondary N) is 1. The van der Waals surface area contributed by atoms with Crippen LogP contribution in [0.25, 0.3) is 0 Å². The maximum atomic E-state index is 12.5. The summed E-state index contributed by atoms with van der Waals surface area (Å²) in [4.78, 5) is 34.2. The molecule has 0 aromatic rings.